The van der Waals surface area contributed by atoms with Gasteiger partial charge in [0.1, 0.15) is 5.52 Å². The number of aromatic nitrogens is 1. The lowest BCUT2D eigenvalue weighted by Gasteiger charge is -2.16. The highest BCUT2D eigenvalue weighted by molar-refractivity contribution is 6.00. The van der Waals surface area contributed by atoms with Gasteiger partial charge in [-0.05, 0) is 48.9 Å². The largest absolute Gasteiger partial charge is 0.452 e. The van der Waals surface area contributed by atoms with Gasteiger partial charge in [-0.2, -0.15) is 0 Å². The Bertz CT molecular complexity index is 1360. The molecule has 1 aliphatic rings. The minimum Gasteiger partial charge on any atom is -0.452 e. The summed E-state index contributed by atoms with van der Waals surface area (Å²) < 4.78 is 10.7. The van der Waals surface area contributed by atoms with E-state index in [9.17, 15) is 14.4 Å². The smallest absolute Gasteiger partial charge is 0.338 e. The van der Waals surface area contributed by atoms with Gasteiger partial charge in [-0.3, -0.25) is 9.59 Å². The Morgan fingerprint density at radius 2 is 1.82 bits per heavy atom. The fraction of sp³-hybridized carbons (Fsp3) is 0.154. The molecule has 1 fully saturated rings. The Hall–Kier alpha value is -4.46. The van der Waals surface area contributed by atoms with Crippen LogP contribution in [0.1, 0.15) is 23.2 Å². The van der Waals surface area contributed by atoms with E-state index in [1.165, 1.54) is 0 Å². The Balaban J connectivity index is 1.21. The van der Waals surface area contributed by atoms with Gasteiger partial charge in [0.05, 0.1) is 10.9 Å². The highest BCUT2D eigenvalue weighted by Crippen LogP contribution is 2.29. The van der Waals surface area contributed by atoms with Gasteiger partial charge in [-0.25, -0.2) is 4.79 Å². The van der Waals surface area contributed by atoms with Gasteiger partial charge in [0.2, 0.25) is 5.91 Å². The molecule has 0 unspecified atom stereocenters. The van der Waals surface area contributed by atoms with Crippen molar-refractivity contribution >= 4 is 40.1 Å². The molecule has 8 nitrogen and oxygen atoms in total. The zero-order valence-electron chi connectivity index (χ0n) is 18.2. The zero-order valence-corrected chi connectivity index (χ0v) is 18.2. The van der Waals surface area contributed by atoms with Crippen LogP contribution in [0.3, 0.4) is 0 Å². The molecule has 1 N–H and O–H groups in total. The number of carbonyl (C=O) groups is 3. The molecule has 0 spiro atoms. The highest BCUT2D eigenvalue weighted by atomic mass is 16.5. The molecule has 1 aliphatic heterocycles. The normalized spacial score (nSPS) is 13.3. The van der Waals surface area contributed by atoms with Gasteiger partial charge in [0.15, 0.2) is 12.4 Å². The van der Waals surface area contributed by atoms with E-state index in [0.717, 1.165) is 17.7 Å². The third-order valence-corrected chi connectivity index (χ3v) is 5.62. The summed E-state index contributed by atoms with van der Waals surface area (Å²) in [4.78, 5) is 38.4. The standard InChI is InChI=1S/C26H21N3O5/c30-23(27-19-9-11-20(12-10-19)29-14-4-7-24(29)31)16-33-26(32)18-8-13-22-21(15-18)25(34-28-22)17-5-2-1-3-6-17/h1-3,5-6,8-13,15H,4,7,14,16H2,(H,27,30). The predicted molar refractivity (Wildman–Crippen MR) is 126 cm³/mol. The van der Waals surface area contributed by atoms with E-state index in [1.807, 2.05) is 30.3 Å². The molecule has 3 aromatic carbocycles. The molecule has 34 heavy (non-hydrogen) atoms. The second-order valence-electron chi connectivity index (χ2n) is 7.93. The maximum atomic E-state index is 12.5. The number of rotatable bonds is 6. The summed E-state index contributed by atoms with van der Waals surface area (Å²) in [6.45, 7) is 0.270. The first kappa shape index (κ1) is 21.4. The van der Waals surface area contributed by atoms with Crippen LogP contribution in [0.25, 0.3) is 22.2 Å². The van der Waals surface area contributed by atoms with Crippen molar-refractivity contribution in [2.45, 2.75) is 12.8 Å². The molecule has 2 amide bonds. The summed E-state index contributed by atoms with van der Waals surface area (Å²) in [5.41, 5.74) is 3.10. The van der Waals surface area contributed by atoms with Crippen molar-refractivity contribution in [2.24, 2.45) is 0 Å². The van der Waals surface area contributed by atoms with Crippen LogP contribution in [0.2, 0.25) is 0 Å². The minimum absolute atomic E-state index is 0.101. The van der Waals surface area contributed by atoms with E-state index in [0.29, 0.717) is 40.9 Å². The predicted octanol–water partition coefficient (Wildman–Crippen LogP) is 4.42. The average molecular weight is 455 g/mol. The third kappa shape index (κ3) is 4.38. The molecule has 1 aromatic heterocycles. The second-order valence-corrected chi connectivity index (χ2v) is 7.93. The molecule has 2 heterocycles. The summed E-state index contributed by atoms with van der Waals surface area (Å²) in [7, 11) is 0. The minimum atomic E-state index is -0.625. The molecule has 4 aromatic rings. The number of carbonyl (C=O) groups excluding carboxylic acids is 3. The summed E-state index contributed by atoms with van der Waals surface area (Å²) >= 11 is 0. The molecule has 5 rings (SSSR count). The molecule has 170 valence electrons. The number of fused-ring (bicyclic) bond motifs is 1. The first-order chi connectivity index (χ1) is 16.6. The molecule has 0 saturated carbocycles. The molecule has 0 aliphatic carbocycles. The van der Waals surface area contributed by atoms with Crippen molar-refractivity contribution in [3.63, 3.8) is 0 Å². The Morgan fingerprint density at radius 1 is 1.03 bits per heavy atom. The second kappa shape index (κ2) is 9.19. The average Bonchev–Trinajstić information content (AvgIpc) is 3.49. The van der Waals surface area contributed by atoms with Crippen LogP contribution in [0.15, 0.2) is 77.3 Å². The maximum Gasteiger partial charge on any atom is 0.338 e. The lowest BCUT2D eigenvalue weighted by atomic mass is 10.1. The van der Waals surface area contributed by atoms with E-state index in [4.69, 9.17) is 9.26 Å². The van der Waals surface area contributed by atoms with Crippen molar-refractivity contribution in [3.8, 4) is 11.3 Å². The summed E-state index contributed by atoms with van der Waals surface area (Å²) in [6.07, 6.45) is 1.40. The van der Waals surface area contributed by atoms with Crippen molar-refractivity contribution in [2.75, 3.05) is 23.4 Å². The van der Waals surface area contributed by atoms with E-state index in [1.54, 1.807) is 47.4 Å². The van der Waals surface area contributed by atoms with Crippen LogP contribution in [0, 0.1) is 0 Å². The SMILES string of the molecule is O=C(COC(=O)c1ccc2noc(-c3ccccc3)c2c1)Nc1ccc(N2CCCC2=O)cc1. The fourth-order valence-corrected chi connectivity index (χ4v) is 3.92. The number of ether oxygens (including phenoxy) is 1. The number of hydrogen-bond donors (Lipinski definition) is 1. The van der Waals surface area contributed by atoms with Crippen LogP contribution in [0.4, 0.5) is 11.4 Å². The third-order valence-electron chi connectivity index (χ3n) is 5.62. The highest BCUT2D eigenvalue weighted by Gasteiger charge is 2.21. The van der Waals surface area contributed by atoms with Crippen LogP contribution in [0.5, 0.6) is 0 Å². The quantitative estimate of drug-likeness (QED) is 0.432. The molecule has 0 radical (unpaired) electrons. The lowest BCUT2D eigenvalue weighted by molar-refractivity contribution is -0.119. The van der Waals surface area contributed by atoms with Gasteiger partial charge < -0.3 is 19.5 Å². The Labute approximate surface area is 195 Å². The summed E-state index contributed by atoms with van der Waals surface area (Å²) in [5.74, 6) is -0.430. The summed E-state index contributed by atoms with van der Waals surface area (Å²) in [5, 5.41) is 7.41. The fourth-order valence-electron chi connectivity index (χ4n) is 3.92. The topological polar surface area (TPSA) is 102 Å². The number of esters is 1. The number of amides is 2. The van der Waals surface area contributed by atoms with Crippen molar-refractivity contribution < 1.29 is 23.6 Å². The van der Waals surface area contributed by atoms with E-state index in [2.05, 4.69) is 10.5 Å². The first-order valence-corrected chi connectivity index (χ1v) is 10.9. The zero-order chi connectivity index (χ0) is 23.5. The lowest BCUT2D eigenvalue weighted by Crippen LogP contribution is -2.23. The van der Waals surface area contributed by atoms with Gasteiger partial charge in [-0.15, -0.1) is 0 Å². The molecule has 8 heteroatoms. The maximum absolute atomic E-state index is 12.5. The van der Waals surface area contributed by atoms with Crippen LogP contribution < -0.4 is 10.2 Å². The number of anilines is 2. The van der Waals surface area contributed by atoms with Gasteiger partial charge in [0, 0.05) is 29.9 Å². The number of hydrogen-bond acceptors (Lipinski definition) is 6. The van der Waals surface area contributed by atoms with E-state index >= 15 is 0 Å². The molecule has 0 atom stereocenters. The monoisotopic (exact) mass is 455 g/mol. The van der Waals surface area contributed by atoms with E-state index in [-0.39, 0.29) is 5.91 Å². The van der Waals surface area contributed by atoms with Gasteiger partial charge >= 0.3 is 5.97 Å². The van der Waals surface area contributed by atoms with Crippen molar-refractivity contribution in [1.29, 1.82) is 0 Å². The van der Waals surface area contributed by atoms with Crippen molar-refractivity contribution in [1.82, 2.24) is 5.16 Å². The van der Waals surface area contributed by atoms with Gasteiger partial charge in [0.25, 0.3) is 5.91 Å². The first-order valence-electron chi connectivity index (χ1n) is 10.9. The van der Waals surface area contributed by atoms with Crippen LogP contribution >= 0.6 is 0 Å². The number of nitrogens with one attached hydrogen (secondary N) is 1. The number of nitrogens with zero attached hydrogens (tertiary/aromatic N) is 2. The molecule has 1 saturated heterocycles. The van der Waals surface area contributed by atoms with Crippen molar-refractivity contribution in [3.05, 3.63) is 78.4 Å². The number of benzene rings is 3. The Morgan fingerprint density at radius 3 is 2.56 bits per heavy atom. The van der Waals surface area contributed by atoms with Crippen LogP contribution in [-0.4, -0.2) is 36.1 Å². The van der Waals surface area contributed by atoms with E-state index < -0.39 is 18.5 Å². The van der Waals surface area contributed by atoms with Gasteiger partial charge in [-0.1, -0.05) is 35.5 Å². The summed E-state index contributed by atoms with van der Waals surface area (Å²) in [6, 6.07) is 21.4. The van der Waals surface area contributed by atoms with Crippen LogP contribution in [-0.2, 0) is 14.3 Å². The Kier molecular flexibility index (Phi) is 5.78. The molecule has 0 bridgehead atoms. The molecular weight excluding hydrogens is 434 g/mol. The molecular formula is C26H21N3O5.